The van der Waals surface area contributed by atoms with Crippen LogP contribution in [-0.4, -0.2) is 53.2 Å². The lowest BCUT2D eigenvalue weighted by Crippen LogP contribution is -2.68. The Morgan fingerprint density at radius 2 is 2.03 bits per heavy atom. The topological polar surface area (TPSA) is 79.6 Å². The van der Waals surface area contributed by atoms with Crippen LogP contribution in [0.15, 0.2) is 42.5 Å². The van der Waals surface area contributed by atoms with Crippen molar-refractivity contribution in [2.75, 3.05) is 25.5 Å². The summed E-state index contributed by atoms with van der Waals surface area (Å²) in [5.41, 5.74) is 3.47. The number of amides is 2. The van der Waals surface area contributed by atoms with Crippen LogP contribution >= 0.6 is 0 Å². The average molecular weight is 431 g/mol. The molecule has 3 aliphatic rings. The highest BCUT2D eigenvalue weighted by molar-refractivity contribution is 5.89. The molecule has 5 rings (SSSR count). The van der Waals surface area contributed by atoms with E-state index in [9.17, 15) is 9.90 Å². The van der Waals surface area contributed by atoms with Gasteiger partial charge in [0.15, 0.2) is 0 Å². The number of carbonyl (C=O) groups is 1. The highest BCUT2D eigenvalue weighted by Gasteiger charge is 2.53. The number of urea groups is 1. The van der Waals surface area contributed by atoms with Gasteiger partial charge in [-0.1, -0.05) is 13.0 Å². The van der Waals surface area contributed by atoms with E-state index in [1.54, 1.807) is 30.3 Å². The van der Waals surface area contributed by atoms with E-state index in [0.717, 1.165) is 31.8 Å². The van der Waals surface area contributed by atoms with Gasteiger partial charge in [0.2, 0.25) is 0 Å². The standard InChI is InChI=1S/C26H30N4O2/c1-26-11-12-30(16-18-3-4-18)23(13-19-7-10-21(31)14-22(19)26)24(26)29(2)25(32)28-20-8-5-17(15-27)6-9-20/h5-10,14,18,23-24,31H,3-4,11-13,16H2,1-2H3,(H,28,32)/t23?,24-,26+/m1/s1. The minimum absolute atomic E-state index is 0.00248. The number of nitrogens with one attached hydrogen (secondary N) is 1. The first-order valence-electron chi connectivity index (χ1n) is 11.5. The number of nitriles is 1. The van der Waals surface area contributed by atoms with Crippen molar-refractivity contribution in [3.8, 4) is 11.8 Å². The minimum atomic E-state index is -0.228. The summed E-state index contributed by atoms with van der Waals surface area (Å²) in [5, 5.41) is 22.2. The van der Waals surface area contributed by atoms with Crippen LogP contribution in [0.4, 0.5) is 10.5 Å². The molecular formula is C26H30N4O2. The van der Waals surface area contributed by atoms with Crippen molar-refractivity contribution in [2.24, 2.45) is 5.92 Å². The molecular weight excluding hydrogens is 400 g/mol. The van der Waals surface area contributed by atoms with Crippen molar-refractivity contribution >= 4 is 11.7 Å². The fourth-order valence-electron chi connectivity index (χ4n) is 5.86. The number of rotatable bonds is 4. The number of likely N-dealkylation sites (N-methyl/N-ethyl adjacent to an activating group) is 1. The van der Waals surface area contributed by atoms with Crippen molar-refractivity contribution < 1.29 is 9.90 Å². The third-order valence-electron chi connectivity index (χ3n) is 7.73. The van der Waals surface area contributed by atoms with Gasteiger partial charge in [-0.25, -0.2) is 4.79 Å². The molecule has 0 radical (unpaired) electrons. The number of phenols is 1. The van der Waals surface area contributed by atoms with Crippen molar-refractivity contribution in [1.29, 1.82) is 5.26 Å². The normalized spacial score (nSPS) is 26.7. The molecule has 2 N–H and O–H groups in total. The summed E-state index contributed by atoms with van der Waals surface area (Å²) in [6.07, 6.45) is 4.46. The van der Waals surface area contributed by atoms with Crippen LogP contribution < -0.4 is 5.32 Å². The molecule has 6 heteroatoms. The van der Waals surface area contributed by atoms with Gasteiger partial charge in [-0.15, -0.1) is 0 Å². The lowest BCUT2D eigenvalue weighted by Gasteiger charge is -2.58. The van der Waals surface area contributed by atoms with Gasteiger partial charge in [-0.3, -0.25) is 4.90 Å². The molecule has 1 heterocycles. The molecule has 1 unspecified atom stereocenters. The molecule has 1 saturated carbocycles. The van der Waals surface area contributed by atoms with E-state index in [1.807, 2.05) is 18.0 Å². The highest BCUT2D eigenvalue weighted by atomic mass is 16.3. The lowest BCUT2D eigenvalue weighted by molar-refractivity contribution is 0.00456. The molecule has 0 spiro atoms. The van der Waals surface area contributed by atoms with Gasteiger partial charge in [-0.2, -0.15) is 5.26 Å². The highest BCUT2D eigenvalue weighted by Crippen LogP contribution is 2.48. The number of likely N-dealkylation sites (tertiary alicyclic amines) is 1. The maximum absolute atomic E-state index is 13.3. The molecule has 32 heavy (non-hydrogen) atoms. The second-order valence-corrected chi connectivity index (χ2v) is 9.89. The maximum Gasteiger partial charge on any atom is 0.321 e. The third kappa shape index (κ3) is 3.61. The van der Waals surface area contributed by atoms with E-state index in [-0.39, 0.29) is 29.3 Å². The van der Waals surface area contributed by atoms with Gasteiger partial charge < -0.3 is 15.3 Å². The summed E-state index contributed by atoms with van der Waals surface area (Å²) < 4.78 is 0. The molecule has 2 fully saturated rings. The van der Waals surface area contributed by atoms with Crippen molar-refractivity contribution in [3.05, 3.63) is 59.2 Å². The predicted molar refractivity (Wildman–Crippen MR) is 124 cm³/mol. The fourth-order valence-corrected chi connectivity index (χ4v) is 5.86. The molecule has 2 aromatic carbocycles. The fraction of sp³-hybridized carbons (Fsp3) is 0.462. The largest absolute Gasteiger partial charge is 0.508 e. The number of piperidine rings is 1. The van der Waals surface area contributed by atoms with Crippen molar-refractivity contribution in [2.45, 2.75) is 50.1 Å². The van der Waals surface area contributed by atoms with Crippen LogP contribution in [0.3, 0.4) is 0 Å². The molecule has 1 saturated heterocycles. The first kappa shape index (κ1) is 20.8. The summed E-state index contributed by atoms with van der Waals surface area (Å²) in [6, 6.07) is 14.9. The number of benzene rings is 2. The van der Waals surface area contributed by atoms with Crippen LogP contribution in [0.5, 0.6) is 5.75 Å². The summed E-state index contributed by atoms with van der Waals surface area (Å²) >= 11 is 0. The van der Waals surface area contributed by atoms with E-state index >= 15 is 0 Å². The van der Waals surface area contributed by atoms with Gasteiger partial charge in [0.05, 0.1) is 17.7 Å². The van der Waals surface area contributed by atoms with Crippen LogP contribution in [0.25, 0.3) is 0 Å². The number of fused-ring (bicyclic) bond motifs is 4. The Labute approximate surface area is 189 Å². The van der Waals surface area contributed by atoms with Gasteiger partial charge in [0.25, 0.3) is 0 Å². The number of carbonyl (C=O) groups excluding carboxylic acids is 1. The zero-order chi connectivity index (χ0) is 22.5. The number of hydrogen-bond donors (Lipinski definition) is 2. The zero-order valence-corrected chi connectivity index (χ0v) is 18.7. The second kappa shape index (κ2) is 7.83. The number of aromatic hydroxyl groups is 1. The quantitative estimate of drug-likeness (QED) is 0.766. The maximum atomic E-state index is 13.3. The number of phenolic OH excluding ortho intramolecular Hbond substituents is 1. The molecule has 2 aromatic rings. The van der Waals surface area contributed by atoms with Gasteiger partial charge in [-0.05, 0) is 85.7 Å². The second-order valence-electron chi connectivity index (χ2n) is 9.89. The Kier molecular flexibility index (Phi) is 5.10. The Hall–Kier alpha value is -3.04. The first-order chi connectivity index (χ1) is 15.4. The molecule has 2 aliphatic carbocycles. The molecule has 0 aromatic heterocycles. The summed E-state index contributed by atoms with van der Waals surface area (Å²) in [7, 11) is 1.89. The summed E-state index contributed by atoms with van der Waals surface area (Å²) in [6.45, 7) is 4.38. The third-order valence-corrected chi connectivity index (χ3v) is 7.73. The van der Waals surface area contributed by atoms with Gasteiger partial charge in [0.1, 0.15) is 5.75 Å². The zero-order valence-electron chi connectivity index (χ0n) is 18.7. The number of anilines is 1. The Balaban J connectivity index is 1.46. The van der Waals surface area contributed by atoms with E-state index in [0.29, 0.717) is 11.3 Å². The van der Waals surface area contributed by atoms with E-state index in [1.165, 1.54) is 24.0 Å². The predicted octanol–water partition coefficient (Wildman–Crippen LogP) is 4.09. The van der Waals surface area contributed by atoms with Crippen LogP contribution in [-0.2, 0) is 11.8 Å². The molecule has 6 nitrogen and oxygen atoms in total. The lowest BCUT2D eigenvalue weighted by atomic mass is 9.61. The van der Waals surface area contributed by atoms with Crippen LogP contribution in [0.1, 0.15) is 42.9 Å². The van der Waals surface area contributed by atoms with Crippen molar-refractivity contribution in [3.63, 3.8) is 0 Å². The Morgan fingerprint density at radius 3 is 2.72 bits per heavy atom. The SMILES string of the molecule is CN(C(=O)Nc1ccc(C#N)cc1)[C@@H]1C2Cc3ccc(O)cc3[C@]1(C)CCN2CC1CC1. The molecule has 166 valence electrons. The van der Waals surface area contributed by atoms with Crippen molar-refractivity contribution in [1.82, 2.24) is 9.80 Å². The number of hydrogen-bond acceptors (Lipinski definition) is 4. The van der Waals surface area contributed by atoms with E-state index < -0.39 is 0 Å². The molecule has 2 amide bonds. The molecule has 2 bridgehead atoms. The Morgan fingerprint density at radius 1 is 1.28 bits per heavy atom. The smallest absolute Gasteiger partial charge is 0.321 e. The molecule has 1 aliphatic heterocycles. The average Bonchev–Trinajstić information content (AvgIpc) is 3.60. The molecule has 3 atom stereocenters. The Bertz CT molecular complexity index is 1070. The van der Waals surface area contributed by atoms with Gasteiger partial charge in [0, 0.05) is 30.7 Å². The minimum Gasteiger partial charge on any atom is -0.508 e. The van der Waals surface area contributed by atoms with Crippen LogP contribution in [0, 0.1) is 17.2 Å². The monoisotopic (exact) mass is 430 g/mol. The van der Waals surface area contributed by atoms with E-state index in [4.69, 9.17) is 5.26 Å². The summed E-state index contributed by atoms with van der Waals surface area (Å²) in [5.74, 6) is 1.08. The van der Waals surface area contributed by atoms with E-state index in [2.05, 4.69) is 29.3 Å². The first-order valence-corrected chi connectivity index (χ1v) is 11.5. The van der Waals surface area contributed by atoms with Crippen LogP contribution in [0.2, 0.25) is 0 Å². The number of nitrogens with zero attached hydrogens (tertiary/aromatic N) is 3. The summed E-state index contributed by atoms with van der Waals surface area (Å²) in [4.78, 5) is 17.8. The van der Waals surface area contributed by atoms with Gasteiger partial charge >= 0.3 is 6.03 Å².